The summed E-state index contributed by atoms with van der Waals surface area (Å²) in [6.45, 7) is 4.14. The molecule has 1 amide bonds. The summed E-state index contributed by atoms with van der Waals surface area (Å²) in [5.74, 6) is 1.31. The molecule has 0 saturated carbocycles. The van der Waals surface area contributed by atoms with Crippen molar-refractivity contribution in [3.05, 3.63) is 48.3 Å². The number of aryl methyl sites for hydroxylation is 1. The molecule has 0 radical (unpaired) electrons. The molecular formula is C17H20N4O2. The fraction of sp³-hybridized carbons (Fsp3) is 0.412. The van der Waals surface area contributed by atoms with E-state index in [1.165, 1.54) is 6.20 Å². The number of hydrogen-bond acceptors (Lipinski definition) is 5. The molecule has 23 heavy (non-hydrogen) atoms. The summed E-state index contributed by atoms with van der Waals surface area (Å²) in [6.07, 6.45) is 10.1. The van der Waals surface area contributed by atoms with Crippen LogP contribution < -0.4 is 4.74 Å². The Morgan fingerprint density at radius 3 is 2.70 bits per heavy atom. The second-order valence-electron chi connectivity index (χ2n) is 5.78. The number of rotatable bonds is 4. The Kier molecular flexibility index (Phi) is 4.80. The standard InChI is InChI=1S/C17H20N4O2/c1-13-10-18-5-2-16(13)23-12-14-3-8-21(9-4-14)17(22)15-11-19-6-7-20-15/h2,5-7,10-11,14H,3-4,8-9,12H2,1H3. The normalized spacial score (nSPS) is 15.4. The number of nitrogens with zero attached hydrogens (tertiary/aromatic N) is 4. The van der Waals surface area contributed by atoms with Crippen LogP contribution in [0.3, 0.4) is 0 Å². The molecule has 1 saturated heterocycles. The van der Waals surface area contributed by atoms with Gasteiger partial charge in [-0.3, -0.25) is 14.8 Å². The number of amides is 1. The molecule has 3 rings (SSSR count). The molecule has 3 heterocycles. The Labute approximate surface area is 135 Å². The third-order valence-corrected chi connectivity index (χ3v) is 4.13. The van der Waals surface area contributed by atoms with Crippen LogP contribution in [0, 0.1) is 12.8 Å². The van der Waals surface area contributed by atoms with Gasteiger partial charge in [0.05, 0.1) is 12.8 Å². The summed E-state index contributed by atoms with van der Waals surface area (Å²) in [7, 11) is 0. The molecule has 120 valence electrons. The Hall–Kier alpha value is -2.50. The number of ether oxygens (including phenoxy) is 1. The molecule has 0 bridgehead atoms. The van der Waals surface area contributed by atoms with Gasteiger partial charge < -0.3 is 9.64 Å². The maximum atomic E-state index is 12.3. The van der Waals surface area contributed by atoms with E-state index in [0.717, 1.165) is 37.2 Å². The third-order valence-electron chi connectivity index (χ3n) is 4.13. The minimum Gasteiger partial charge on any atom is -0.493 e. The van der Waals surface area contributed by atoms with Crippen molar-refractivity contribution in [1.82, 2.24) is 19.9 Å². The average molecular weight is 312 g/mol. The van der Waals surface area contributed by atoms with E-state index in [1.807, 2.05) is 17.9 Å². The summed E-state index contributed by atoms with van der Waals surface area (Å²) in [4.78, 5) is 26.2. The van der Waals surface area contributed by atoms with E-state index in [9.17, 15) is 4.79 Å². The van der Waals surface area contributed by atoms with E-state index in [0.29, 0.717) is 18.2 Å². The number of pyridine rings is 1. The summed E-state index contributed by atoms with van der Waals surface area (Å²) in [6, 6.07) is 1.89. The molecule has 2 aromatic rings. The zero-order chi connectivity index (χ0) is 16.1. The van der Waals surface area contributed by atoms with Gasteiger partial charge in [-0.2, -0.15) is 0 Å². The average Bonchev–Trinajstić information content (AvgIpc) is 2.62. The van der Waals surface area contributed by atoms with Crippen LogP contribution in [-0.4, -0.2) is 45.5 Å². The van der Waals surface area contributed by atoms with Crippen molar-refractivity contribution in [3.63, 3.8) is 0 Å². The Bertz CT molecular complexity index is 655. The Morgan fingerprint density at radius 2 is 2.00 bits per heavy atom. The second-order valence-corrected chi connectivity index (χ2v) is 5.78. The van der Waals surface area contributed by atoms with E-state index in [-0.39, 0.29) is 5.91 Å². The number of carbonyl (C=O) groups excluding carboxylic acids is 1. The zero-order valence-electron chi connectivity index (χ0n) is 13.2. The number of aromatic nitrogens is 3. The number of piperidine rings is 1. The van der Waals surface area contributed by atoms with Crippen molar-refractivity contribution in [2.75, 3.05) is 19.7 Å². The van der Waals surface area contributed by atoms with Crippen molar-refractivity contribution in [2.24, 2.45) is 5.92 Å². The van der Waals surface area contributed by atoms with Crippen molar-refractivity contribution in [2.45, 2.75) is 19.8 Å². The van der Waals surface area contributed by atoms with Gasteiger partial charge in [-0.15, -0.1) is 0 Å². The lowest BCUT2D eigenvalue weighted by atomic mass is 9.97. The fourth-order valence-electron chi connectivity index (χ4n) is 2.70. The summed E-state index contributed by atoms with van der Waals surface area (Å²) >= 11 is 0. The van der Waals surface area contributed by atoms with Gasteiger partial charge in [0, 0.05) is 43.4 Å². The molecule has 2 aromatic heterocycles. The summed E-state index contributed by atoms with van der Waals surface area (Å²) < 4.78 is 5.89. The third kappa shape index (κ3) is 3.83. The molecule has 1 fully saturated rings. The Balaban J connectivity index is 1.49. The predicted octanol–water partition coefficient (Wildman–Crippen LogP) is 2.11. The summed E-state index contributed by atoms with van der Waals surface area (Å²) in [5.41, 5.74) is 1.46. The van der Waals surface area contributed by atoms with Crippen LogP contribution in [-0.2, 0) is 0 Å². The van der Waals surface area contributed by atoms with Gasteiger partial charge >= 0.3 is 0 Å². The highest BCUT2D eigenvalue weighted by Gasteiger charge is 2.24. The molecule has 1 aliphatic rings. The lowest BCUT2D eigenvalue weighted by molar-refractivity contribution is 0.0654. The number of carbonyl (C=O) groups is 1. The first-order valence-electron chi connectivity index (χ1n) is 7.83. The van der Waals surface area contributed by atoms with E-state index in [2.05, 4.69) is 15.0 Å². The number of hydrogen-bond donors (Lipinski definition) is 0. The van der Waals surface area contributed by atoms with Crippen LogP contribution in [0.1, 0.15) is 28.9 Å². The molecular weight excluding hydrogens is 292 g/mol. The molecule has 1 aliphatic heterocycles. The molecule has 6 heteroatoms. The van der Waals surface area contributed by atoms with Crippen molar-refractivity contribution >= 4 is 5.91 Å². The van der Waals surface area contributed by atoms with Gasteiger partial charge in [0.15, 0.2) is 0 Å². The zero-order valence-corrected chi connectivity index (χ0v) is 13.2. The van der Waals surface area contributed by atoms with Crippen LogP contribution in [0.4, 0.5) is 0 Å². The predicted molar refractivity (Wildman–Crippen MR) is 85.1 cm³/mol. The highest BCUT2D eigenvalue weighted by atomic mass is 16.5. The van der Waals surface area contributed by atoms with E-state index < -0.39 is 0 Å². The van der Waals surface area contributed by atoms with E-state index in [4.69, 9.17) is 4.74 Å². The fourth-order valence-corrected chi connectivity index (χ4v) is 2.70. The topological polar surface area (TPSA) is 68.2 Å². The largest absolute Gasteiger partial charge is 0.493 e. The monoisotopic (exact) mass is 312 g/mol. The number of likely N-dealkylation sites (tertiary alicyclic amines) is 1. The molecule has 6 nitrogen and oxygen atoms in total. The van der Waals surface area contributed by atoms with Gasteiger partial charge in [-0.25, -0.2) is 4.98 Å². The molecule has 0 atom stereocenters. The molecule has 0 N–H and O–H groups in total. The smallest absolute Gasteiger partial charge is 0.274 e. The van der Waals surface area contributed by atoms with Gasteiger partial charge in [-0.1, -0.05) is 0 Å². The first kappa shape index (κ1) is 15.4. The Morgan fingerprint density at radius 1 is 1.22 bits per heavy atom. The first-order valence-corrected chi connectivity index (χ1v) is 7.83. The van der Waals surface area contributed by atoms with Crippen molar-refractivity contribution < 1.29 is 9.53 Å². The van der Waals surface area contributed by atoms with Crippen LogP contribution in [0.25, 0.3) is 0 Å². The van der Waals surface area contributed by atoms with Crippen molar-refractivity contribution in [1.29, 1.82) is 0 Å². The van der Waals surface area contributed by atoms with E-state index in [1.54, 1.807) is 24.8 Å². The highest BCUT2D eigenvalue weighted by Crippen LogP contribution is 2.21. The highest BCUT2D eigenvalue weighted by molar-refractivity contribution is 5.91. The van der Waals surface area contributed by atoms with Gasteiger partial charge in [0.25, 0.3) is 5.91 Å². The van der Waals surface area contributed by atoms with Crippen LogP contribution in [0.2, 0.25) is 0 Å². The SMILES string of the molecule is Cc1cnccc1OCC1CCN(C(=O)c2cnccn2)CC1. The van der Waals surface area contributed by atoms with Gasteiger partial charge in [0.1, 0.15) is 11.4 Å². The van der Waals surface area contributed by atoms with E-state index >= 15 is 0 Å². The van der Waals surface area contributed by atoms with Crippen LogP contribution in [0.5, 0.6) is 5.75 Å². The molecule has 0 aromatic carbocycles. The first-order chi connectivity index (χ1) is 11.2. The minimum atomic E-state index is -0.0394. The van der Waals surface area contributed by atoms with Crippen LogP contribution >= 0.6 is 0 Å². The van der Waals surface area contributed by atoms with Crippen LogP contribution in [0.15, 0.2) is 37.1 Å². The van der Waals surface area contributed by atoms with Gasteiger partial charge in [0.2, 0.25) is 0 Å². The molecule has 0 unspecified atom stereocenters. The van der Waals surface area contributed by atoms with Crippen molar-refractivity contribution in [3.8, 4) is 5.75 Å². The minimum absolute atomic E-state index is 0.0394. The summed E-state index contributed by atoms with van der Waals surface area (Å²) in [5, 5.41) is 0. The molecule has 0 aliphatic carbocycles. The lowest BCUT2D eigenvalue weighted by Gasteiger charge is -2.31. The maximum absolute atomic E-state index is 12.3. The van der Waals surface area contributed by atoms with Gasteiger partial charge in [-0.05, 0) is 31.7 Å². The second kappa shape index (κ2) is 7.17. The lowest BCUT2D eigenvalue weighted by Crippen LogP contribution is -2.40. The quantitative estimate of drug-likeness (QED) is 0.865. The maximum Gasteiger partial charge on any atom is 0.274 e. The molecule has 0 spiro atoms.